The lowest BCUT2D eigenvalue weighted by Gasteiger charge is -2.05. The fourth-order valence-electron chi connectivity index (χ4n) is 1.63. The minimum atomic E-state index is -0.147. The van der Waals surface area contributed by atoms with E-state index in [0.717, 1.165) is 5.39 Å². The van der Waals surface area contributed by atoms with Crippen LogP contribution in [0.3, 0.4) is 0 Å². The summed E-state index contributed by atoms with van der Waals surface area (Å²) in [6.07, 6.45) is 0. The molecule has 0 atom stereocenters. The number of carbonyl (C=O) groups excluding carboxylic acids is 1. The lowest BCUT2D eigenvalue weighted by atomic mass is 10.0. The number of rotatable bonds is 1. The maximum Gasteiger partial charge on any atom is 0.251 e. The topological polar surface area (TPSA) is 49.3 Å². The van der Waals surface area contributed by atoms with Gasteiger partial charge in [0.25, 0.3) is 5.91 Å². The number of phenolic OH excluding ortho intramolecular Hbond substituents is 1. The first-order chi connectivity index (χ1) is 7.24. The summed E-state index contributed by atoms with van der Waals surface area (Å²) in [7, 11) is 1.59. The molecule has 0 fully saturated rings. The van der Waals surface area contributed by atoms with Crippen LogP contribution in [0, 0.1) is 0 Å². The van der Waals surface area contributed by atoms with Gasteiger partial charge in [-0.15, -0.1) is 0 Å². The predicted molar refractivity (Wildman–Crippen MR) is 59.0 cm³/mol. The van der Waals surface area contributed by atoms with Gasteiger partial charge in [0, 0.05) is 18.0 Å². The van der Waals surface area contributed by atoms with Crippen molar-refractivity contribution in [3.63, 3.8) is 0 Å². The summed E-state index contributed by atoms with van der Waals surface area (Å²) in [6.45, 7) is 0. The summed E-state index contributed by atoms with van der Waals surface area (Å²) >= 11 is 0. The highest BCUT2D eigenvalue weighted by atomic mass is 16.3. The van der Waals surface area contributed by atoms with Crippen molar-refractivity contribution in [3.05, 3.63) is 42.0 Å². The Kier molecular flexibility index (Phi) is 2.29. The Morgan fingerprint density at radius 2 is 1.80 bits per heavy atom. The van der Waals surface area contributed by atoms with Gasteiger partial charge in [0.2, 0.25) is 0 Å². The number of aromatic hydroxyl groups is 1. The van der Waals surface area contributed by atoms with Crippen LogP contribution in [0.15, 0.2) is 36.4 Å². The molecule has 0 aromatic heterocycles. The molecule has 3 nitrogen and oxygen atoms in total. The first-order valence-corrected chi connectivity index (χ1v) is 4.67. The Labute approximate surface area is 87.3 Å². The van der Waals surface area contributed by atoms with Gasteiger partial charge < -0.3 is 10.4 Å². The van der Waals surface area contributed by atoms with E-state index in [2.05, 4.69) is 5.32 Å². The molecule has 0 heterocycles. The minimum Gasteiger partial charge on any atom is -0.507 e. The van der Waals surface area contributed by atoms with Crippen LogP contribution in [0.2, 0.25) is 0 Å². The molecule has 2 rings (SSSR count). The molecule has 0 aliphatic carbocycles. The molecule has 0 aliphatic rings. The van der Waals surface area contributed by atoms with E-state index in [-0.39, 0.29) is 11.7 Å². The minimum absolute atomic E-state index is 0.147. The average Bonchev–Trinajstić information content (AvgIpc) is 2.28. The summed E-state index contributed by atoms with van der Waals surface area (Å²) in [6, 6.07) is 10.4. The molecule has 1 amide bonds. The Morgan fingerprint density at radius 1 is 1.13 bits per heavy atom. The summed E-state index contributed by atoms with van der Waals surface area (Å²) < 4.78 is 0. The molecule has 2 aromatic carbocycles. The molecular weight excluding hydrogens is 190 g/mol. The van der Waals surface area contributed by atoms with Gasteiger partial charge in [0.1, 0.15) is 5.75 Å². The van der Waals surface area contributed by atoms with Crippen molar-refractivity contribution >= 4 is 16.7 Å². The second kappa shape index (κ2) is 3.61. The van der Waals surface area contributed by atoms with E-state index in [0.29, 0.717) is 10.9 Å². The molecule has 2 N–H and O–H groups in total. The van der Waals surface area contributed by atoms with Crippen LogP contribution < -0.4 is 5.32 Å². The first kappa shape index (κ1) is 9.52. The maximum absolute atomic E-state index is 11.5. The van der Waals surface area contributed by atoms with Crippen LogP contribution in [0.5, 0.6) is 5.75 Å². The summed E-state index contributed by atoms with van der Waals surface area (Å²) in [5.74, 6) is 0.0458. The van der Waals surface area contributed by atoms with Crippen molar-refractivity contribution in [1.82, 2.24) is 5.32 Å². The van der Waals surface area contributed by atoms with Crippen molar-refractivity contribution < 1.29 is 9.90 Å². The van der Waals surface area contributed by atoms with E-state index in [1.54, 1.807) is 37.4 Å². The number of amides is 1. The number of fused-ring (bicyclic) bond motifs is 1. The van der Waals surface area contributed by atoms with E-state index in [4.69, 9.17) is 0 Å². The zero-order chi connectivity index (χ0) is 10.8. The second-order valence-corrected chi connectivity index (χ2v) is 3.26. The van der Waals surface area contributed by atoms with E-state index in [1.807, 2.05) is 6.07 Å². The highest BCUT2D eigenvalue weighted by molar-refractivity contribution is 6.08. The molecule has 0 aliphatic heterocycles. The highest BCUT2D eigenvalue weighted by Gasteiger charge is 2.08. The smallest absolute Gasteiger partial charge is 0.251 e. The molecular formula is C12H11NO2. The molecule has 76 valence electrons. The maximum atomic E-state index is 11.5. The van der Waals surface area contributed by atoms with Crippen molar-refractivity contribution in [1.29, 1.82) is 0 Å². The van der Waals surface area contributed by atoms with Crippen LogP contribution in [-0.4, -0.2) is 18.1 Å². The molecule has 0 saturated carbocycles. The molecule has 0 saturated heterocycles. The Hall–Kier alpha value is -2.03. The third kappa shape index (κ3) is 1.52. The largest absolute Gasteiger partial charge is 0.507 e. The van der Waals surface area contributed by atoms with E-state index in [1.165, 1.54) is 0 Å². The van der Waals surface area contributed by atoms with Crippen LogP contribution in [0.1, 0.15) is 10.4 Å². The van der Waals surface area contributed by atoms with E-state index in [9.17, 15) is 9.90 Å². The molecule has 3 heteroatoms. The average molecular weight is 201 g/mol. The number of nitrogens with one attached hydrogen (secondary N) is 1. The standard InChI is InChI=1S/C12H11NO2/c1-13-12(15)10-6-2-5-9-8(10)4-3-7-11(9)14/h2-7,14H,1H3,(H,13,15). The molecule has 15 heavy (non-hydrogen) atoms. The van der Waals surface area contributed by atoms with Crippen molar-refractivity contribution in [2.24, 2.45) is 0 Å². The molecule has 0 spiro atoms. The Bertz CT molecular complexity index is 520. The van der Waals surface area contributed by atoms with Gasteiger partial charge in [0.15, 0.2) is 0 Å². The van der Waals surface area contributed by atoms with Gasteiger partial charge in [-0.25, -0.2) is 0 Å². The second-order valence-electron chi connectivity index (χ2n) is 3.26. The number of carbonyl (C=O) groups is 1. The fourth-order valence-corrected chi connectivity index (χ4v) is 1.63. The lowest BCUT2D eigenvalue weighted by molar-refractivity contribution is 0.0965. The van der Waals surface area contributed by atoms with E-state index >= 15 is 0 Å². The zero-order valence-corrected chi connectivity index (χ0v) is 8.32. The third-order valence-electron chi connectivity index (χ3n) is 2.37. The quantitative estimate of drug-likeness (QED) is 0.740. The van der Waals surface area contributed by atoms with E-state index < -0.39 is 0 Å². The zero-order valence-electron chi connectivity index (χ0n) is 8.32. The molecule has 0 unspecified atom stereocenters. The number of hydrogen-bond donors (Lipinski definition) is 2. The van der Waals surface area contributed by atoms with Gasteiger partial charge in [-0.2, -0.15) is 0 Å². The SMILES string of the molecule is CNC(=O)c1cccc2c(O)cccc12. The van der Waals surface area contributed by atoms with Crippen LogP contribution in [0.4, 0.5) is 0 Å². The predicted octanol–water partition coefficient (Wildman–Crippen LogP) is 1.90. The number of benzene rings is 2. The monoisotopic (exact) mass is 201 g/mol. The van der Waals surface area contributed by atoms with Crippen molar-refractivity contribution in [2.75, 3.05) is 7.05 Å². The van der Waals surface area contributed by atoms with Crippen LogP contribution in [-0.2, 0) is 0 Å². The van der Waals surface area contributed by atoms with Gasteiger partial charge in [0.05, 0.1) is 0 Å². The highest BCUT2D eigenvalue weighted by Crippen LogP contribution is 2.26. The summed E-state index contributed by atoms with van der Waals surface area (Å²) in [4.78, 5) is 11.5. The molecule has 2 aromatic rings. The number of phenols is 1. The third-order valence-corrected chi connectivity index (χ3v) is 2.37. The van der Waals surface area contributed by atoms with Crippen LogP contribution in [0.25, 0.3) is 10.8 Å². The fraction of sp³-hybridized carbons (Fsp3) is 0.0833. The van der Waals surface area contributed by atoms with Gasteiger partial charge in [-0.05, 0) is 17.5 Å². The molecule has 0 radical (unpaired) electrons. The van der Waals surface area contributed by atoms with Crippen LogP contribution >= 0.6 is 0 Å². The van der Waals surface area contributed by atoms with Crippen molar-refractivity contribution in [3.8, 4) is 5.75 Å². The van der Waals surface area contributed by atoms with Gasteiger partial charge in [-0.3, -0.25) is 4.79 Å². The molecule has 0 bridgehead atoms. The summed E-state index contributed by atoms with van der Waals surface area (Å²) in [5, 5.41) is 13.6. The lowest BCUT2D eigenvalue weighted by Crippen LogP contribution is -2.17. The van der Waals surface area contributed by atoms with Gasteiger partial charge in [-0.1, -0.05) is 24.3 Å². The Morgan fingerprint density at radius 3 is 2.53 bits per heavy atom. The van der Waals surface area contributed by atoms with Gasteiger partial charge >= 0.3 is 0 Å². The Balaban J connectivity index is 2.77. The normalized spacial score (nSPS) is 10.2. The van der Waals surface area contributed by atoms with Crippen molar-refractivity contribution in [2.45, 2.75) is 0 Å². The first-order valence-electron chi connectivity index (χ1n) is 4.67. The number of hydrogen-bond acceptors (Lipinski definition) is 2. The summed E-state index contributed by atoms with van der Waals surface area (Å²) in [5.41, 5.74) is 0.575.